The third-order valence-corrected chi connectivity index (χ3v) is 6.91. The Morgan fingerprint density at radius 2 is 2.28 bits per heavy atom. The van der Waals surface area contributed by atoms with Crippen LogP contribution < -0.4 is 0 Å². The zero-order valence-corrected chi connectivity index (χ0v) is 13.0. The van der Waals surface area contributed by atoms with Gasteiger partial charge in [0.25, 0.3) is 0 Å². The van der Waals surface area contributed by atoms with Gasteiger partial charge in [-0.3, -0.25) is 0 Å². The standard InChI is InChI=1S/C12H18ClNO2S2/c1-9-4-3-5-14(8-9)18(15,16)12-6-11(7-13)17-10(12)2/h6,9H,3-5,7-8H2,1-2H3. The second-order valence-electron chi connectivity index (χ2n) is 4.88. The second kappa shape index (κ2) is 5.49. The van der Waals surface area contributed by atoms with Gasteiger partial charge in [-0.2, -0.15) is 4.31 Å². The number of alkyl halides is 1. The molecular formula is C12H18ClNO2S2. The molecule has 1 aromatic rings. The molecule has 1 atom stereocenters. The number of aryl methyl sites for hydroxylation is 1. The van der Waals surface area contributed by atoms with Crippen molar-refractivity contribution in [3.05, 3.63) is 15.8 Å². The highest BCUT2D eigenvalue weighted by atomic mass is 35.5. The normalized spacial score (nSPS) is 22.3. The van der Waals surface area contributed by atoms with Crippen LogP contribution in [0.1, 0.15) is 29.5 Å². The van der Waals surface area contributed by atoms with Crippen LogP contribution in [0.5, 0.6) is 0 Å². The first-order chi connectivity index (χ1) is 8.45. The first-order valence-corrected chi connectivity index (χ1v) is 8.89. The van der Waals surface area contributed by atoms with E-state index < -0.39 is 10.0 Å². The molecule has 0 amide bonds. The number of hydrogen-bond acceptors (Lipinski definition) is 3. The summed E-state index contributed by atoms with van der Waals surface area (Å²) >= 11 is 7.24. The zero-order valence-electron chi connectivity index (χ0n) is 10.6. The van der Waals surface area contributed by atoms with Crippen molar-refractivity contribution in [2.45, 2.75) is 37.5 Å². The molecule has 1 unspecified atom stereocenters. The van der Waals surface area contributed by atoms with Gasteiger partial charge in [-0.25, -0.2) is 8.42 Å². The summed E-state index contributed by atoms with van der Waals surface area (Å²) < 4.78 is 26.8. The van der Waals surface area contributed by atoms with Gasteiger partial charge in [0.1, 0.15) is 0 Å². The summed E-state index contributed by atoms with van der Waals surface area (Å²) in [4.78, 5) is 2.19. The summed E-state index contributed by atoms with van der Waals surface area (Å²) in [7, 11) is -3.33. The molecule has 3 nitrogen and oxygen atoms in total. The van der Waals surface area contributed by atoms with Gasteiger partial charge in [0, 0.05) is 22.8 Å². The molecule has 0 aliphatic carbocycles. The first kappa shape index (κ1) is 14.3. The van der Waals surface area contributed by atoms with Gasteiger partial charge >= 0.3 is 0 Å². The number of thiophene rings is 1. The van der Waals surface area contributed by atoms with Crippen molar-refractivity contribution < 1.29 is 8.42 Å². The summed E-state index contributed by atoms with van der Waals surface area (Å²) in [5, 5.41) is 0. The van der Waals surface area contributed by atoms with Crippen molar-refractivity contribution in [3.63, 3.8) is 0 Å². The number of hydrogen-bond donors (Lipinski definition) is 0. The maximum absolute atomic E-state index is 12.6. The van der Waals surface area contributed by atoms with E-state index in [2.05, 4.69) is 6.92 Å². The maximum atomic E-state index is 12.6. The smallest absolute Gasteiger partial charge is 0.207 e. The number of sulfonamides is 1. The SMILES string of the molecule is Cc1sc(CCl)cc1S(=O)(=O)N1CCCC(C)C1. The summed E-state index contributed by atoms with van der Waals surface area (Å²) in [6.07, 6.45) is 2.06. The summed E-state index contributed by atoms with van der Waals surface area (Å²) in [6.45, 7) is 5.22. The first-order valence-electron chi connectivity index (χ1n) is 6.10. The van der Waals surface area contributed by atoms with E-state index in [9.17, 15) is 8.42 Å². The quantitative estimate of drug-likeness (QED) is 0.804. The topological polar surface area (TPSA) is 37.4 Å². The van der Waals surface area contributed by atoms with Crippen LogP contribution in [0.4, 0.5) is 0 Å². The zero-order chi connectivity index (χ0) is 13.3. The molecule has 2 rings (SSSR count). The molecule has 1 saturated heterocycles. The molecule has 0 N–H and O–H groups in total. The average molecular weight is 308 g/mol. The highest BCUT2D eigenvalue weighted by molar-refractivity contribution is 7.89. The van der Waals surface area contributed by atoms with Gasteiger partial charge < -0.3 is 0 Å². The Balaban J connectivity index is 2.32. The minimum Gasteiger partial charge on any atom is -0.207 e. The Morgan fingerprint density at radius 3 is 2.83 bits per heavy atom. The van der Waals surface area contributed by atoms with Crippen LogP contribution >= 0.6 is 22.9 Å². The third kappa shape index (κ3) is 2.74. The maximum Gasteiger partial charge on any atom is 0.244 e. The van der Waals surface area contributed by atoms with Gasteiger partial charge in [-0.15, -0.1) is 22.9 Å². The monoisotopic (exact) mass is 307 g/mol. The fourth-order valence-corrected chi connectivity index (χ4v) is 5.64. The number of piperidine rings is 1. The van der Waals surface area contributed by atoms with Crippen LogP contribution in [0.3, 0.4) is 0 Å². The molecule has 1 fully saturated rings. The van der Waals surface area contributed by atoms with E-state index in [4.69, 9.17) is 11.6 Å². The lowest BCUT2D eigenvalue weighted by Gasteiger charge is -2.29. The molecule has 1 aliphatic heterocycles. The van der Waals surface area contributed by atoms with Crippen LogP contribution in [-0.4, -0.2) is 25.8 Å². The minimum atomic E-state index is -3.33. The average Bonchev–Trinajstić information content (AvgIpc) is 2.71. The molecular weight excluding hydrogens is 290 g/mol. The second-order valence-corrected chi connectivity index (χ2v) is 8.39. The molecule has 6 heteroatoms. The predicted molar refractivity (Wildman–Crippen MR) is 75.8 cm³/mol. The minimum absolute atomic E-state index is 0.372. The Kier molecular flexibility index (Phi) is 4.36. The predicted octanol–water partition coefficient (Wildman–Crippen LogP) is 3.22. The third-order valence-electron chi connectivity index (χ3n) is 3.29. The van der Waals surface area contributed by atoms with Crippen LogP contribution in [0.15, 0.2) is 11.0 Å². The van der Waals surface area contributed by atoms with Crippen LogP contribution in [0.25, 0.3) is 0 Å². The molecule has 0 bridgehead atoms. The molecule has 18 heavy (non-hydrogen) atoms. The van der Waals surface area contributed by atoms with Crippen LogP contribution in [0, 0.1) is 12.8 Å². The van der Waals surface area contributed by atoms with E-state index in [1.807, 2.05) is 6.92 Å². The van der Waals surface area contributed by atoms with E-state index in [1.54, 1.807) is 10.4 Å². The highest BCUT2D eigenvalue weighted by Crippen LogP contribution is 2.31. The van der Waals surface area contributed by atoms with Crippen molar-refractivity contribution in [1.82, 2.24) is 4.31 Å². The number of nitrogens with zero attached hydrogens (tertiary/aromatic N) is 1. The lowest BCUT2D eigenvalue weighted by atomic mass is 10.0. The molecule has 0 aromatic carbocycles. The van der Waals surface area contributed by atoms with E-state index in [0.29, 0.717) is 29.8 Å². The van der Waals surface area contributed by atoms with E-state index >= 15 is 0 Å². The van der Waals surface area contributed by atoms with Gasteiger partial charge in [0.15, 0.2) is 0 Å². The van der Waals surface area contributed by atoms with E-state index in [0.717, 1.165) is 22.6 Å². The molecule has 2 heterocycles. The highest BCUT2D eigenvalue weighted by Gasteiger charge is 2.30. The Bertz CT molecular complexity index is 524. The molecule has 0 radical (unpaired) electrons. The summed E-state index contributed by atoms with van der Waals surface area (Å²) in [6, 6.07) is 1.72. The fourth-order valence-electron chi connectivity index (χ4n) is 2.35. The molecule has 0 saturated carbocycles. The van der Waals surface area contributed by atoms with Crippen LogP contribution in [-0.2, 0) is 15.9 Å². The van der Waals surface area contributed by atoms with Crippen molar-refractivity contribution in [2.75, 3.05) is 13.1 Å². The number of rotatable bonds is 3. The molecule has 102 valence electrons. The Labute approximate surface area is 118 Å². The molecule has 0 spiro atoms. The largest absolute Gasteiger partial charge is 0.244 e. The fraction of sp³-hybridized carbons (Fsp3) is 0.667. The van der Waals surface area contributed by atoms with E-state index in [-0.39, 0.29) is 0 Å². The van der Waals surface area contributed by atoms with Crippen molar-refractivity contribution >= 4 is 33.0 Å². The van der Waals surface area contributed by atoms with Crippen molar-refractivity contribution in [2.24, 2.45) is 5.92 Å². The van der Waals surface area contributed by atoms with Crippen molar-refractivity contribution in [1.29, 1.82) is 0 Å². The van der Waals surface area contributed by atoms with Crippen LogP contribution in [0.2, 0.25) is 0 Å². The molecule has 1 aliphatic rings. The summed E-state index contributed by atoms with van der Waals surface area (Å²) in [5.41, 5.74) is 0. The van der Waals surface area contributed by atoms with Gasteiger partial charge in [-0.1, -0.05) is 6.92 Å². The molecule has 1 aromatic heterocycles. The number of halogens is 1. The van der Waals surface area contributed by atoms with Gasteiger partial charge in [0.05, 0.1) is 10.8 Å². The lowest BCUT2D eigenvalue weighted by Crippen LogP contribution is -2.39. The lowest BCUT2D eigenvalue weighted by molar-refractivity contribution is 0.281. The van der Waals surface area contributed by atoms with Crippen molar-refractivity contribution in [3.8, 4) is 0 Å². The Hall–Kier alpha value is -0.100. The van der Waals surface area contributed by atoms with Gasteiger partial charge in [0.2, 0.25) is 10.0 Å². The van der Waals surface area contributed by atoms with E-state index in [1.165, 1.54) is 11.3 Å². The Morgan fingerprint density at radius 1 is 1.56 bits per heavy atom. The van der Waals surface area contributed by atoms with Gasteiger partial charge in [-0.05, 0) is 31.7 Å². The summed E-state index contributed by atoms with van der Waals surface area (Å²) in [5.74, 6) is 0.817.